The lowest BCUT2D eigenvalue weighted by atomic mass is 9.95. The van der Waals surface area contributed by atoms with Gasteiger partial charge in [-0.15, -0.1) is 0 Å². The summed E-state index contributed by atoms with van der Waals surface area (Å²) in [4.78, 5) is 21.5. The Morgan fingerprint density at radius 2 is 1.91 bits per heavy atom. The summed E-state index contributed by atoms with van der Waals surface area (Å²) in [5.74, 6) is -0.276. The van der Waals surface area contributed by atoms with Crippen LogP contribution in [0.2, 0.25) is 5.15 Å². The molecule has 2 heterocycles. The van der Waals surface area contributed by atoms with Crippen molar-refractivity contribution in [2.24, 2.45) is 0 Å². The predicted octanol–water partition coefficient (Wildman–Crippen LogP) is 4.00. The molecule has 0 atom stereocenters. The van der Waals surface area contributed by atoms with Crippen molar-refractivity contribution in [2.75, 3.05) is 14.1 Å². The number of aromatic nitrogens is 2. The van der Waals surface area contributed by atoms with E-state index in [-0.39, 0.29) is 16.8 Å². The summed E-state index contributed by atoms with van der Waals surface area (Å²) in [5, 5.41) is 0.188. The Morgan fingerprint density at radius 3 is 2.48 bits per heavy atom. The van der Waals surface area contributed by atoms with Crippen molar-refractivity contribution in [3.05, 3.63) is 46.5 Å². The van der Waals surface area contributed by atoms with E-state index in [4.69, 9.17) is 11.6 Å². The van der Waals surface area contributed by atoms with Gasteiger partial charge in [0.25, 0.3) is 12.3 Å². The molecule has 0 aliphatic rings. The van der Waals surface area contributed by atoms with Crippen LogP contribution in [0, 0.1) is 0 Å². The van der Waals surface area contributed by atoms with Crippen LogP contribution in [0.1, 0.15) is 35.0 Å². The van der Waals surface area contributed by atoms with Crippen LogP contribution in [0.25, 0.3) is 11.1 Å². The molecule has 0 unspecified atom stereocenters. The number of halogens is 3. The first kappa shape index (κ1) is 17.3. The van der Waals surface area contributed by atoms with Crippen molar-refractivity contribution in [1.29, 1.82) is 0 Å². The number of rotatable bonds is 4. The summed E-state index contributed by atoms with van der Waals surface area (Å²) in [6, 6.07) is 2.82. The molecule has 0 radical (unpaired) electrons. The quantitative estimate of drug-likeness (QED) is 0.791. The summed E-state index contributed by atoms with van der Waals surface area (Å²) in [7, 11) is 3.22. The van der Waals surface area contributed by atoms with Crippen LogP contribution in [0.4, 0.5) is 8.78 Å². The Kier molecular flexibility index (Phi) is 5.26. The highest BCUT2D eigenvalue weighted by atomic mass is 35.5. The molecule has 2 rings (SSSR count). The van der Waals surface area contributed by atoms with Gasteiger partial charge in [0.1, 0.15) is 10.8 Å². The van der Waals surface area contributed by atoms with Crippen LogP contribution < -0.4 is 0 Å². The van der Waals surface area contributed by atoms with Crippen LogP contribution in [0.15, 0.2) is 24.5 Å². The van der Waals surface area contributed by atoms with Gasteiger partial charge in [-0.2, -0.15) is 0 Å². The van der Waals surface area contributed by atoms with Gasteiger partial charge in [0, 0.05) is 26.5 Å². The van der Waals surface area contributed by atoms with Crippen molar-refractivity contribution < 1.29 is 13.6 Å². The number of amides is 1. The zero-order chi connectivity index (χ0) is 17.1. The second-order valence-corrected chi connectivity index (χ2v) is 5.56. The number of pyridine rings is 2. The largest absolute Gasteiger partial charge is 0.345 e. The fraction of sp³-hybridized carbons (Fsp3) is 0.312. The van der Waals surface area contributed by atoms with Gasteiger partial charge in [-0.05, 0) is 35.2 Å². The Hall–Kier alpha value is -2.08. The molecule has 0 aromatic carbocycles. The maximum Gasteiger partial charge on any atom is 0.280 e. The maximum atomic E-state index is 13.0. The predicted molar refractivity (Wildman–Crippen MR) is 84.8 cm³/mol. The Morgan fingerprint density at radius 1 is 1.22 bits per heavy atom. The first-order chi connectivity index (χ1) is 10.8. The van der Waals surface area contributed by atoms with E-state index in [1.807, 2.05) is 6.92 Å². The van der Waals surface area contributed by atoms with Crippen LogP contribution in [-0.4, -0.2) is 34.9 Å². The standard InChI is InChI=1S/C16H16ClF2N3O/c1-4-9-7-20-13(15(18)19)5-10(9)11-6-14(17)21-8-12(11)16(23)22(2)3/h5-8,15H,4H2,1-3H3. The summed E-state index contributed by atoms with van der Waals surface area (Å²) in [6.07, 6.45) is 0.670. The van der Waals surface area contributed by atoms with Gasteiger partial charge in [-0.1, -0.05) is 18.5 Å². The third-order valence-corrected chi connectivity index (χ3v) is 3.62. The minimum absolute atomic E-state index is 0.188. The molecular weight excluding hydrogens is 324 g/mol. The Balaban J connectivity index is 2.72. The highest BCUT2D eigenvalue weighted by molar-refractivity contribution is 6.29. The lowest BCUT2D eigenvalue weighted by Crippen LogP contribution is -2.22. The molecule has 0 bridgehead atoms. The average molecular weight is 340 g/mol. The molecule has 0 saturated carbocycles. The molecule has 0 spiro atoms. The topological polar surface area (TPSA) is 46.1 Å². The average Bonchev–Trinajstić information content (AvgIpc) is 2.53. The van der Waals surface area contributed by atoms with Crippen LogP contribution in [0.5, 0.6) is 0 Å². The molecule has 4 nitrogen and oxygen atoms in total. The van der Waals surface area contributed by atoms with Crippen molar-refractivity contribution in [1.82, 2.24) is 14.9 Å². The van der Waals surface area contributed by atoms with Gasteiger partial charge in [-0.25, -0.2) is 13.8 Å². The number of hydrogen-bond donors (Lipinski definition) is 0. The third kappa shape index (κ3) is 3.64. The third-order valence-electron chi connectivity index (χ3n) is 3.41. The van der Waals surface area contributed by atoms with Gasteiger partial charge in [0.15, 0.2) is 0 Å². The second kappa shape index (κ2) is 7.00. The number of alkyl halides is 2. The van der Waals surface area contributed by atoms with E-state index in [9.17, 15) is 13.6 Å². The minimum Gasteiger partial charge on any atom is -0.345 e. The van der Waals surface area contributed by atoms with E-state index in [1.165, 1.54) is 29.4 Å². The van der Waals surface area contributed by atoms with Gasteiger partial charge in [-0.3, -0.25) is 9.78 Å². The molecule has 0 saturated heterocycles. The first-order valence-corrected chi connectivity index (χ1v) is 7.37. The molecule has 1 amide bonds. The number of hydrogen-bond acceptors (Lipinski definition) is 3. The highest BCUT2D eigenvalue weighted by Gasteiger charge is 2.20. The fourth-order valence-electron chi connectivity index (χ4n) is 2.22. The summed E-state index contributed by atoms with van der Waals surface area (Å²) in [6.45, 7) is 1.89. The molecule has 0 N–H and O–H groups in total. The molecular formula is C16H16ClF2N3O. The minimum atomic E-state index is -2.69. The lowest BCUT2D eigenvalue weighted by Gasteiger charge is -2.16. The van der Waals surface area contributed by atoms with Crippen LogP contribution >= 0.6 is 11.6 Å². The SMILES string of the molecule is CCc1cnc(C(F)F)cc1-c1cc(Cl)ncc1C(=O)N(C)C. The van der Waals surface area contributed by atoms with Gasteiger partial charge in [0.2, 0.25) is 0 Å². The first-order valence-electron chi connectivity index (χ1n) is 6.99. The van der Waals surface area contributed by atoms with E-state index in [1.54, 1.807) is 14.1 Å². The van der Waals surface area contributed by atoms with Crippen molar-refractivity contribution in [2.45, 2.75) is 19.8 Å². The van der Waals surface area contributed by atoms with E-state index >= 15 is 0 Å². The van der Waals surface area contributed by atoms with E-state index in [0.29, 0.717) is 23.1 Å². The zero-order valence-corrected chi connectivity index (χ0v) is 13.7. The Bertz CT molecular complexity index is 735. The van der Waals surface area contributed by atoms with Crippen molar-refractivity contribution in [3.63, 3.8) is 0 Å². The number of carbonyl (C=O) groups excluding carboxylic acids is 1. The Labute approximate surface area is 138 Å². The normalized spacial score (nSPS) is 10.9. The second-order valence-electron chi connectivity index (χ2n) is 5.17. The van der Waals surface area contributed by atoms with Gasteiger partial charge < -0.3 is 4.90 Å². The van der Waals surface area contributed by atoms with E-state index in [2.05, 4.69) is 9.97 Å². The van der Waals surface area contributed by atoms with Crippen LogP contribution in [-0.2, 0) is 6.42 Å². The van der Waals surface area contributed by atoms with Crippen molar-refractivity contribution in [3.8, 4) is 11.1 Å². The van der Waals surface area contributed by atoms with Gasteiger partial charge in [0.05, 0.1) is 5.56 Å². The molecule has 7 heteroatoms. The zero-order valence-electron chi connectivity index (χ0n) is 13.0. The summed E-state index contributed by atoms with van der Waals surface area (Å²) >= 11 is 5.95. The highest BCUT2D eigenvalue weighted by Crippen LogP contribution is 2.32. The van der Waals surface area contributed by atoms with E-state index in [0.717, 1.165) is 5.56 Å². The molecule has 122 valence electrons. The van der Waals surface area contributed by atoms with E-state index < -0.39 is 6.43 Å². The number of carbonyl (C=O) groups is 1. The van der Waals surface area contributed by atoms with Crippen molar-refractivity contribution >= 4 is 17.5 Å². The summed E-state index contributed by atoms with van der Waals surface area (Å²) in [5.41, 5.74) is 1.72. The number of aryl methyl sites for hydroxylation is 1. The molecule has 2 aromatic heterocycles. The van der Waals surface area contributed by atoms with Crippen LogP contribution in [0.3, 0.4) is 0 Å². The molecule has 0 aliphatic heterocycles. The molecule has 0 fully saturated rings. The molecule has 2 aromatic rings. The fourth-order valence-corrected chi connectivity index (χ4v) is 2.37. The smallest absolute Gasteiger partial charge is 0.280 e. The van der Waals surface area contributed by atoms with Gasteiger partial charge >= 0.3 is 0 Å². The molecule has 23 heavy (non-hydrogen) atoms. The number of nitrogens with zero attached hydrogens (tertiary/aromatic N) is 3. The lowest BCUT2D eigenvalue weighted by molar-refractivity contribution is 0.0828. The maximum absolute atomic E-state index is 13.0. The monoisotopic (exact) mass is 339 g/mol. The molecule has 0 aliphatic carbocycles. The summed E-state index contributed by atoms with van der Waals surface area (Å²) < 4.78 is 26.0.